The molecule has 0 aliphatic carbocycles. The van der Waals surface area contributed by atoms with Crippen LogP contribution in [0.25, 0.3) is 5.69 Å². The van der Waals surface area contributed by atoms with Crippen molar-refractivity contribution in [2.24, 2.45) is 0 Å². The zero-order chi connectivity index (χ0) is 27.0. The Balaban J connectivity index is 1.64. The maximum atomic E-state index is 12.0. The molecule has 2 aromatic heterocycles. The number of aryl methyl sites for hydroxylation is 3. The van der Waals surface area contributed by atoms with Gasteiger partial charge in [0.2, 0.25) is 5.91 Å². The number of nitrogens with zero attached hydrogens (tertiary/aromatic N) is 3. The highest BCUT2D eigenvalue weighted by Crippen LogP contribution is 2.44. The number of amides is 1. The molecular formula is C31H33N5OS. The predicted molar refractivity (Wildman–Crippen MR) is 158 cm³/mol. The van der Waals surface area contributed by atoms with Crippen LogP contribution in [0.4, 0.5) is 11.4 Å². The van der Waals surface area contributed by atoms with Crippen molar-refractivity contribution in [3.63, 3.8) is 0 Å². The minimum atomic E-state index is -0.130. The van der Waals surface area contributed by atoms with Crippen molar-refractivity contribution in [1.82, 2.24) is 14.9 Å². The van der Waals surface area contributed by atoms with Crippen LogP contribution in [-0.2, 0) is 4.79 Å². The van der Waals surface area contributed by atoms with Crippen molar-refractivity contribution >= 4 is 34.6 Å². The maximum absolute atomic E-state index is 12.0. The Kier molecular flexibility index (Phi) is 7.04. The Morgan fingerprint density at radius 1 is 1.00 bits per heavy atom. The number of thiocarbonyl (C=S) groups is 1. The lowest BCUT2D eigenvalue weighted by molar-refractivity contribution is -0.115. The Morgan fingerprint density at radius 2 is 1.76 bits per heavy atom. The van der Waals surface area contributed by atoms with Crippen LogP contribution in [-0.4, -0.2) is 20.6 Å². The van der Waals surface area contributed by atoms with E-state index in [0.29, 0.717) is 11.5 Å². The van der Waals surface area contributed by atoms with Crippen molar-refractivity contribution in [2.45, 2.75) is 53.1 Å². The van der Waals surface area contributed by atoms with Crippen molar-refractivity contribution in [2.75, 3.05) is 10.2 Å². The lowest BCUT2D eigenvalue weighted by atomic mass is 9.96. The van der Waals surface area contributed by atoms with E-state index in [1.807, 2.05) is 50.4 Å². The molecule has 3 heterocycles. The molecule has 4 aromatic rings. The number of anilines is 2. The number of benzene rings is 2. The first kappa shape index (κ1) is 25.7. The molecule has 0 radical (unpaired) electrons. The van der Waals surface area contributed by atoms with E-state index in [1.54, 1.807) is 0 Å². The zero-order valence-corrected chi connectivity index (χ0v) is 23.3. The number of carbonyl (C=O) groups excluding carboxylic acids is 1. The Hall–Kier alpha value is -3.97. The second kappa shape index (κ2) is 10.4. The molecule has 194 valence electrons. The lowest BCUT2D eigenvalue weighted by Gasteiger charge is -2.29. The molecule has 1 saturated heterocycles. The minimum absolute atomic E-state index is 0.00375. The van der Waals surface area contributed by atoms with Crippen molar-refractivity contribution < 1.29 is 4.79 Å². The number of hydrogen-bond acceptors (Lipinski definition) is 3. The van der Waals surface area contributed by atoms with Crippen LogP contribution in [0.5, 0.6) is 0 Å². The van der Waals surface area contributed by atoms with E-state index >= 15 is 0 Å². The molecule has 0 unspecified atom stereocenters. The molecule has 1 aliphatic heterocycles. The molecule has 5 rings (SSSR count). The van der Waals surface area contributed by atoms with Crippen LogP contribution in [0.15, 0.2) is 72.9 Å². The molecule has 6 nitrogen and oxygen atoms in total. The van der Waals surface area contributed by atoms with Crippen LogP contribution >= 0.6 is 12.2 Å². The molecule has 0 spiro atoms. The maximum Gasteiger partial charge on any atom is 0.224 e. The molecule has 2 atom stereocenters. The number of aromatic nitrogens is 2. The summed E-state index contributed by atoms with van der Waals surface area (Å²) in [6.45, 7) is 10.3. The van der Waals surface area contributed by atoms with Gasteiger partial charge in [0, 0.05) is 41.1 Å². The van der Waals surface area contributed by atoms with Crippen LogP contribution in [0.1, 0.15) is 59.2 Å². The molecule has 0 bridgehead atoms. The first-order valence-corrected chi connectivity index (χ1v) is 13.4. The molecule has 0 saturated carbocycles. The second-order valence-corrected chi connectivity index (χ2v) is 10.2. The fraction of sp³-hybridized carbons (Fsp3) is 0.258. The SMILES string of the molecule is CCC(=O)Nc1ccc(N2C(=S)N[C@@H](c3ccccn3)[C@@H]2c2cc(C)n(-c3ccccc3C)c2C)cc1C. The van der Waals surface area contributed by atoms with E-state index in [-0.39, 0.29) is 18.0 Å². The van der Waals surface area contributed by atoms with E-state index < -0.39 is 0 Å². The highest BCUT2D eigenvalue weighted by atomic mass is 32.1. The third-order valence-electron chi connectivity index (χ3n) is 7.33. The second-order valence-electron chi connectivity index (χ2n) is 9.85. The molecule has 7 heteroatoms. The van der Waals surface area contributed by atoms with Gasteiger partial charge in [0.05, 0.1) is 17.8 Å². The van der Waals surface area contributed by atoms with Gasteiger partial charge in [-0.15, -0.1) is 0 Å². The summed E-state index contributed by atoms with van der Waals surface area (Å²) in [7, 11) is 0. The third kappa shape index (κ3) is 4.58. The molecule has 38 heavy (non-hydrogen) atoms. The molecular weight excluding hydrogens is 490 g/mol. The standard InChI is InChI=1S/C31H33N5OS/c1-6-28(37)33-25-15-14-23(17-20(25)3)36-30(29(34-31(36)38)26-12-9-10-16-32-26)24-18-21(4)35(22(24)5)27-13-8-7-11-19(27)2/h7-18,29-30H,6H2,1-5H3,(H,33,37)(H,34,38)/t29-,30-/m0/s1. The monoisotopic (exact) mass is 523 g/mol. The Bertz CT molecular complexity index is 1510. The highest BCUT2D eigenvalue weighted by molar-refractivity contribution is 7.80. The van der Waals surface area contributed by atoms with Gasteiger partial charge in [0.1, 0.15) is 0 Å². The first-order valence-electron chi connectivity index (χ1n) is 13.0. The van der Waals surface area contributed by atoms with E-state index in [9.17, 15) is 4.79 Å². The van der Waals surface area contributed by atoms with Crippen molar-refractivity contribution in [1.29, 1.82) is 0 Å². The number of carbonyl (C=O) groups is 1. The smallest absolute Gasteiger partial charge is 0.224 e. The molecule has 2 N–H and O–H groups in total. The number of para-hydroxylation sites is 1. The van der Waals surface area contributed by atoms with Crippen LogP contribution in [0, 0.1) is 27.7 Å². The van der Waals surface area contributed by atoms with E-state index in [0.717, 1.165) is 28.3 Å². The fourth-order valence-electron chi connectivity index (χ4n) is 5.40. The molecule has 1 aliphatic rings. The molecule has 2 aromatic carbocycles. The number of pyridine rings is 1. The van der Waals surface area contributed by atoms with Gasteiger partial charge in [0.25, 0.3) is 0 Å². The number of hydrogen-bond donors (Lipinski definition) is 2. The number of rotatable bonds is 6. The quantitative estimate of drug-likeness (QED) is 0.278. The normalized spacial score (nSPS) is 17.0. The van der Waals surface area contributed by atoms with Crippen LogP contribution in [0.2, 0.25) is 0 Å². The van der Waals surface area contributed by atoms with Gasteiger partial charge in [-0.3, -0.25) is 9.78 Å². The summed E-state index contributed by atoms with van der Waals surface area (Å²) in [6.07, 6.45) is 2.26. The summed E-state index contributed by atoms with van der Waals surface area (Å²) < 4.78 is 2.33. The van der Waals surface area contributed by atoms with E-state index in [4.69, 9.17) is 17.2 Å². The minimum Gasteiger partial charge on any atom is -0.351 e. The van der Waals surface area contributed by atoms with Crippen LogP contribution < -0.4 is 15.5 Å². The lowest BCUT2D eigenvalue weighted by Crippen LogP contribution is -2.29. The van der Waals surface area contributed by atoms with Gasteiger partial charge in [-0.25, -0.2) is 0 Å². The van der Waals surface area contributed by atoms with Crippen LogP contribution in [0.3, 0.4) is 0 Å². The van der Waals surface area contributed by atoms with Gasteiger partial charge in [-0.2, -0.15) is 0 Å². The van der Waals surface area contributed by atoms with Crippen molar-refractivity contribution in [3.8, 4) is 5.69 Å². The summed E-state index contributed by atoms with van der Waals surface area (Å²) in [4.78, 5) is 18.9. The molecule has 1 amide bonds. The number of nitrogens with one attached hydrogen (secondary N) is 2. The fourth-order valence-corrected chi connectivity index (χ4v) is 5.74. The summed E-state index contributed by atoms with van der Waals surface area (Å²) in [5.41, 5.74) is 9.63. The van der Waals surface area contributed by atoms with Gasteiger partial charge in [-0.05, 0) is 99.1 Å². The Labute approximate surface area is 229 Å². The van der Waals surface area contributed by atoms with Gasteiger partial charge >= 0.3 is 0 Å². The van der Waals surface area contributed by atoms with Gasteiger partial charge < -0.3 is 20.1 Å². The zero-order valence-electron chi connectivity index (χ0n) is 22.4. The third-order valence-corrected chi connectivity index (χ3v) is 7.64. The summed E-state index contributed by atoms with van der Waals surface area (Å²) in [6, 6.07) is 22.6. The summed E-state index contributed by atoms with van der Waals surface area (Å²) >= 11 is 5.95. The topological polar surface area (TPSA) is 62.2 Å². The van der Waals surface area contributed by atoms with E-state index in [2.05, 4.69) is 77.3 Å². The average molecular weight is 524 g/mol. The van der Waals surface area contributed by atoms with E-state index in [1.165, 1.54) is 22.5 Å². The van der Waals surface area contributed by atoms with Crippen molar-refractivity contribution in [3.05, 3.63) is 107 Å². The average Bonchev–Trinajstić information content (AvgIpc) is 3.41. The summed E-state index contributed by atoms with van der Waals surface area (Å²) in [5.74, 6) is -0.00375. The first-order chi connectivity index (χ1) is 18.3. The van der Waals surface area contributed by atoms with Gasteiger partial charge in [-0.1, -0.05) is 31.2 Å². The Morgan fingerprint density at radius 3 is 2.45 bits per heavy atom. The highest BCUT2D eigenvalue weighted by Gasteiger charge is 2.42. The van der Waals surface area contributed by atoms with Gasteiger partial charge in [0.15, 0.2) is 5.11 Å². The largest absolute Gasteiger partial charge is 0.351 e. The predicted octanol–water partition coefficient (Wildman–Crippen LogP) is 6.63. The summed E-state index contributed by atoms with van der Waals surface area (Å²) in [5, 5.41) is 7.21. The molecule has 1 fully saturated rings.